The summed E-state index contributed by atoms with van der Waals surface area (Å²) in [4.78, 5) is 3.12. The Labute approximate surface area is 310 Å². The summed E-state index contributed by atoms with van der Waals surface area (Å²) in [6.07, 6.45) is 0. The first-order chi connectivity index (χ1) is 22.8. The van der Waals surface area contributed by atoms with Crippen LogP contribution >= 0.6 is 0 Å². The third-order valence-electron chi connectivity index (χ3n) is 7.78. The molecule has 6 rings (SSSR count). The van der Waals surface area contributed by atoms with E-state index in [0.717, 1.165) is 39.3 Å². The predicted molar refractivity (Wildman–Crippen MR) is 194 cm³/mol. The van der Waals surface area contributed by atoms with Gasteiger partial charge < -0.3 is 43.8 Å². The molecule has 0 aliphatic heterocycles. The normalized spacial score (nSPS) is 9.96. The molecule has 0 aromatic heterocycles. The van der Waals surface area contributed by atoms with Crippen LogP contribution in [0.4, 0.5) is 0 Å². The van der Waals surface area contributed by atoms with E-state index < -0.39 is 0 Å². The van der Waals surface area contributed by atoms with E-state index in [1.54, 1.807) is 9.80 Å². The Morgan fingerprint density at radius 1 is 0.250 bits per heavy atom. The summed E-state index contributed by atoms with van der Waals surface area (Å²) in [5.74, 6) is 0. The average Bonchev–Trinajstić information content (AvgIpc) is 3.12. The summed E-state index contributed by atoms with van der Waals surface area (Å²) in [5, 5.41) is 0. The fraction of sp³-hybridized carbons (Fsp3) is 0.136. The Bertz CT molecular complexity index is 1280. The van der Waals surface area contributed by atoms with Crippen LogP contribution in [-0.4, -0.2) is 0 Å². The average molecular weight is 765 g/mol. The molecule has 0 aliphatic rings. The standard InChI is InChI=1S/2C21H21N.C2H4.2BrH/c2*1-4-10-19(11-5-1)16-22(17-20-12-6-2-7-13-20)18-21-14-8-3-9-15-21;1-2;;/h2*1-15H,16-18H2;1-2H2;2*1H. The maximum absolute atomic E-state index is 3.00. The first-order valence-electron chi connectivity index (χ1n) is 16.2. The minimum absolute atomic E-state index is 0. The van der Waals surface area contributed by atoms with Gasteiger partial charge in [-0.05, 0) is 0 Å². The molecule has 0 unspecified atom stereocenters. The van der Waals surface area contributed by atoms with Crippen LogP contribution in [0, 0.1) is 0 Å². The van der Waals surface area contributed by atoms with Crippen molar-refractivity contribution in [2.24, 2.45) is 0 Å². The maximum atomic E-state index is 3.00. The molecule has 2 N–H and O–H groups in total. The molecule has 248 valence electrons. The zero-order valence-corrected chi connectivity index (χ0v) is 30.9. The maximum Gasteiger partial charge on any atom is 0.103 e. The zero-order valence-electron chi connectivity index (χ0n) is 27.7. The van der Waals surface area contributed by atoms with Crippen LogP contribution in [-0.2, 0) is 39.3 Å². The molecule has 0 heterocycles. The Balaban J connectivity index is 0.000000305. The lowest BCUT2D eigenvalue weighted by atomic mass is 10.1. The van der Waals surface area contributed by atoms with E-state index in [-0.39, 0.29) is 34.0 Å². The first-order valence-corrected chi connectivity index (χ1v) is 16.2. The highest BCUT2D eigenvalue weighted by Gasteiger charge is 2.13. The summed E-state index contributed by atoms with van der Waals surface area (Å²) in [6.45, 7) is 12.3. The van der Waals surface area contributed by atoms with Gasteiger partial charge in [-0.15, -0.1) is 13.2 Å². The number of hydrogen-bond acceptors (Lipinski definition) is 0. The monoisotopic (exact) mass is 762 g/mol. The molecule has 4 heteroatoms. The molecule has 0 fully saturated rings. The SMILES string of the molecule is C=C.[Br-].[Br-].c1ccc(C[NH+](Cc2ccccc2)Cc2ccccc2)cc1.c1ccc(C[NH+](Cc2ccccc2)Cc2ccccc2)cc1. The van der Waals surface area contributed by atoms with Gasteiger partial charge in [0.25, 0.3) is 0 Å². The highest BCUT2D eigenvalue weighted by molar-refractivity contribution is 5.18. The zero-order chi connectivity index (χ0) is 32.1. The lowest BCUT2D eigenvalue weighted by Gasteiger charge is -2.20. The number of benzene rings is 6. The quantitative estimate of drug-likeness (QED) is 0.176. The van der Waals surface area contributed by atoms with Gasteiger partial charge in [0, 0.05) is 33.4 Å². The molecular formula is C44H48Br2N2. The Morgan fingerprint density at radius 2 is 0.375 bits per heavy atom. The van der Waals surface area contributed by atoms with Crippen molar-refractivity contribution < 1.29 is 43.8 Å². The van der Waals surface area contributed by atoms with Crippen molar-refractivity contribution in [3.8, 4) is 0 Å². The van der Waals surface area contributed by atoms with Gasteiger partial charge in [0.05, 0.1) is 0 Å². The van der Waals surface area contributed by atoms with E-state index in [2.05, 4.69) is 195 Å². The van der Waals surface area contributed by atoms with Crippen LogP contribution < -0.4 is 43.8 Å². The highest BCUT2D eigenvalue weighted by Crippen LogP contribution is 2.03. The van der Waals surface area contributed by atoms with Gasteiger partial charge in [-0.25, -0.2) is 0 Å². The minimum Gasteiger partial charge on any atom is -1.00 e. The van der Waals surface area contributed by atoms with Crippen molar-refractivity contribution in [1.82, 2.24) is 0 Å². The lowest BCUT2D eigenvalue weighted by molar-refractivity contribution is -0.941. The summed E-state index contributed by atoms with van der Waals surface area (Å²) < 4.78 is 0. The first kappa shape index (κ1) is 40.1. The van der Waals surface area contributed by atoms with E-state index in [9.17, 15) is 0 Å². The number of halogens is 2. The minimum atomic E-state index is 0. The van der Waals surface area contributed by atoms with Gasteiger partial charge in [-0.1, -0.05) is 182 Å². The Kier molecular flexibility index (Phi) is 20.2. The van der Waals surface area contributed by atoms with Crippen molar-refractivity contribution in [3.63, 3.8) is 0 Å². The molecule has 2 nitrogen and oxygen atoms in total. The highest BCUT2D eigenvalue weighted by atomic mass is 79.9. The fourth-order valence-corrected chi connectivity index (χ4v) is 5.68. The van der Waals surface area contributed by atoms with E-state index in [0.29, 0.717) is 0 Å². The molecule has 6 aromatic rings. The molecule has 6 aromatic carbocycles. The molecule has 0 aliphatic carbocycles. The van der Waals surface area contributed by atoms with E-state index in [1.165, 1.54) is 33.4 Å². The summed E-state index contributed by atoms with van der Waals surface area (Å²) in [7, 11) is 0. The second-order valence-electron chi connectivity index (χ2n) is 11.5. The van der Waals surface area contributed by atoms with Gasteiger partial charge in [0.15, 0.2) is 0 Å². The molecule has 0 amide bonds. The van der Waals surface area contributed by atoms with Gasteiger partial charge in [-0.2, -0.15) is 0 Å². The van der Waals surface area contributed by atoms with Gasteiger partial charge in [-0.3, -0.25) is 0 Å². The Hall–Kier alpha value is -4.06. The second kappa shape index (κ2) is 24.1. The van der Waals surface area contributed by atoms with E-state index in [4.69, 9.17) is 0 Å². The van der Waals surface area contributed by atoms with Crippen molar-refractivity contribution in [2.45, 2.75) is 39.3 Å². The van der Waals surface area contributed by atoms with Crippen LogP contribution in [0.3, 0.4) is 0 Å². The molecule has 0 saturated heterocycles. The molecule has 0 saturated carbocycles. The van der Waals surface area contributed by atoms with Gasteiger partial charge >= 0.3 is 0 Å². The number of nitrogens with one attached hydrogen (secondary N) is 2. The molecule has 48 heavy (non-hydrogen) atoms. The van der Waals surface area contributed by atoms with E-state index >= 15 is 0 Å². The number of rotatable bonds is 12. The predicted octanol–water partition coefficient (Wildman–Crippen LogP) is 1.75. The lowest BCUT2D eigenvalue weighted by Crippen LogP contribution is -3.08. The largest absolute Gasteiger partial charge is 1.00 e. The molecular weight excluding hydrogens is 716 g/mol. The number of hydrogen-bond donors (Lipinski definition) is 2. The molecule has 0 radical (unpaired) electrons. The molecule has 0 atom stereocenters. The summed E-state index contributed by atoms with van der Waals surface area (Å²) in [6, 6.07) is 64.6. The van der Waals surface area contributed by atoms with Crippen molar-refractivity contribution in [3.05, 3.63) is 229 Å². The Morgan fingerprint density at radius 3 is 0.500 bits per heavy atom. The van der Waals surface area contributed by atoms with E-state index in [1.807, 2.05) is 0 Å². The molecule has 0 bridgehead atoms. The van der Waals surface area contributed by atoms with Crippen LogP contribution in [0.5, 0.6) is 0 Å². The van der Waals surface area contributed by atoms with Crippen molar-refractivity contribution >= 4 is 0 Å². The smallest absolute Gasteiger partial charge is 0.103 e. The molecule has 0 spiro atoms. The topological polar surface area (TPSA) is 8.88 Å². The third kappa shape index (κ3) is 15.2. The van der Waals surface area contributed by atoms with Crippen LogP contribution in [0.25, 0.3) is 0 Å². The fourth-order valence-electron chi connectivity index (χ4n) is 5.68. The van der Waals surface area contributed by atoms with Crippen LogP contribution in [0.2, 0.25) is 0 Å². The third-order valence-corrected chi connectivity index (χ3v) is 7.78. The number of quaternary nitrogens is 2. The van der Waals surface area contributed by atoms with Gasteiger partial charge in [0.1, 0.15) is 39.3 Å². The van der Waals surface area contributed by atoms with Crippen molar-refractivity contribution in [2.75, 3.05) is 0 Å². The summed E-state index contributed by atoms with van der Waals surface area (Å²) in [5.41, 5.74) is 8.36. The van der Waals surface area contributed by atoms with Gasteiger partial charge in [0.2, 0.25) is 0 Å². The van der Waals surface area contributed by atoms with Crippen LogP contribution in [0.15, 0.2) is 195 Å². The van der Waals surface area contributed by atoms with Crippen molar-refractivity contribution in [1.29, 1.82) is 0 Å². The second-order valence-corrected chi connectivity index (χ2v) is 11.5. The van der Waals surface area contributed by atoms with Crippen LogP contribution in [0.1, 0.15) is 33.4 Å². The summed E-state index contributed by atoms with van der Waals surface area (Å²) >= 11 is 0.